The van der Waals surface area contributed by atoms with Gasteiger partial charge in [-0.2, -0.15) is 0 Å². The van der Waals surface area contributed by atoms with E-state index < -0.39 is 5.97 Å². The predicted molar refractivity (Wildman–Crippen MR) is 86.9 cm³/mol. The zero-order chi connectivity index (χ0) is 16.4. The van der Waals surface area contributed by atoms with Crippen molar-refractivity contribution >= 4 is 23.2 Å². The number of thiophene rings is 1. The first-order chi connectivity index (χ1) is 11.0. The molecule has 1 saturated heterocycles. The SMILES string of the molecule is C[C@H]1CN(C(=O)c2ccc(C(=O)O)s2)C[C@H](c2ccccc2)O1. The first-order valence-electron chi connectivity index (χ1n) is 7.37. The fraction of sp³-hybridized carbons (Fsp3) is 0.294. The van der Waals surface area contributed by atoms with E-state index in [1.165, 1.54) is 6.07 Å². The van der Waals surface area contributed by atoms with Gasteiger partial charge in [-0.1, -0.05) is 30.3 Å². The van der Waals surface area contributed by atoms with Gasteiger partial charge < -0.3 is 14.7 Å². The average Bonchev–Trinajstić information content (AvgIpc) is 3.04. The van der Waals surface area contributed by atoms with Crippen LogP contribution in [0.25, 0.3) is 0 Å². The number of hydrogen-bond acceptors (Lipinski definition) is 4. The second-order valence-corrected chi connectivity index (χ2v) is 6.61. The lowest BCUT2D eigenvalue weighted by molar-refractivity contribution is -0.0690. The summed E-state index contributed by atoms with van der Waals surface area (Å²) in [5.74, 6) is -1.15. The summed E-state index contributed by atoms with van der Waals surface area (Å²) in [6.45, 7) is 2.91. The fourth-order valence-corrected chi connectivity index (χ4v) is 3.51. The number of aromatic carboxylic acids is 1. The van der Waals surface area contributed by atoms with Crippen molar-refractivity contribution in [3.05, 3.63) is 57.8 Å². The standard InChI is InChI=1S/C17H17NO4S/c1-11-9-18(10-13(22-11)12-5-3-2-4-6-12)16(19)14-7-8-15(23-14)17(20)21/h2-8,11,13H,9-10H2,1H3,(H,20,21)/t11-,13+/m0/s1. The smallest absolute Gasteiger partial charge is 0.345 e. The number of carbonyl (C=O) groups excluding carboxylic acids is 1. The van der Waals surface area contributed by atoms with Crippen LogP contribution in [-0.4, -0.2) is 41.1 Å². The summed E-state index contributed by atoms with van der Waals surface area (Å²) in [4.78, 5) is 26.0. The van der Waals surface area contributed by atoms with Crippen molar-refractivity contribution in [2.24, 2.45) is 0 Å². The van der Waals surface area contributed by atoms with Crippen LogP contribution in [0.15, 0.2) is 42.5 Å². The number of carboxylic acid groups (broad SMARTS) is 1. The van der Waals surface area contributed by atoms with Crippen LogP contribution in [0.4, 0.5) is 0 Å². The minimum atomic E-state index is -1.01. The van der Waals surface area contributed by atoms with Gasteiger partial charge in [-0.3, -0.25) is 4.79 Å². The number of carbonyl (C=O) groups is 2. The molecule has 6 heteroatoms. The zero-order valence-electron chi connectivity index (χ0n) is 12.6. The average molecular weight is 331 g/mol. The van der Waals surface area contributed by atoms with Gasteiger partial charge in [-0.25, -0.2) is 4.79 Å². The van der Waals surface area contributed by atoms with E-state index in [0.29, 0.717) is 18.0 Å². The van der Waals surface area contributed by atoms with Crippen LogP contribution >= 0.6 is 11.3 Å². The zero-order valence-corrected chi connectivity index (χ0v) is 13.5. The van der Waals surface area contributed by atoms with E-state index in [-0.39, 0.29) is 23.0 Å². The number of carboxylic acids is 1. The van der Waals surface area contributed by atoms with Crippen molar-refractivity contribution in [3.8, 4) is 0 Å². The van der Waals surface area contributed by atoms with Gasteiger partial charge in [0, 0.05) is 6.54 Å². The Morgan fingerprint density at radius 1 is 1.13 bits per heavy atom. The Labute approximate surface area is 138 Å². The lowest BCUT2D eigenvalue weighted by Gasteiger charge is -2.36. The van der Waals surface area contributed by atoms with Crippen molar-refractivity contribution in [2.75, 3.05) is 13.1 Å². The lowest BCUT2D eigenvalue weighted by atomic mass is 10.1. The summed E-state index contributed by atoms with van der Waals surface area (Å²) in [6.07, 6.45) is -0.236. The Kier molecular flexibility index (Phi) is 4.45. The van der Waals surface area contributed by atoms with Gasteiger partial charge in [0.05, 0.1) is 17.5 Å². The Hall–Kier alpha value is -2.18. The topological polar surface area (TPSA) is 66.8 Å². The normalized spacial score (nSPS) is 21.2. The highest BCUT2D eigenvalue weighted by molar-refractivity contribution is 7.15. The number of nitrogens with zero attached hydrogens (tertiary/aromatic N) is 1. The highest BCUT2D eigenvalue weighted by atomic mass is 32.1. The van der Waals surface area contributed by atoms with E-state index in [2.05, 4.69) is 0 Å². The third kappa shape index (κ3) is 3.43. The molecule has 2 aromatic rings. The maximum Gasteiger partial charge on any atom is 0.345 e. The predicted octanol–water partition coefficient (Wildman–Crippen LogP) is 3.05. The van der Waals surface area contributed by atoms with Crippen molar-refractivity contribution in [2.45, 2.75) is 19.1 Å². The molecule has 120 valence electrons. The van der Waals surface area contributed by atoms with E-state index in [0.717, 1.165) is 16.9 Å². The van der Waals surface area contributed by atoms with Gasteiger partial charge in [0.2, 0.25) is 0 Å². The molecule has 2 heterocycles. The van der Waals surface area contributed by atoms with Crippen molar-refractivity contribution in [1.29, 1.82) is 0 Å². The monoisotopic (exact) mass is 331 g/mol. The molecule has 1 fully saturated rings. The summed E-state index contributed by atoms with van der Waals surface area (Å²) in [5.41, 5.74) is 1.04. The van der Waals surface area contributed by atoms with Gasteiger partial charge in [0.15, 0.2) is 0 Å². The first kappa shape index (κ1) is 15.7. The second-order valence-electron chi connectivity index (χ2n) is 5.53. The fourth-order valence-electron chi connectivity index (χ4n) is 2.69. The number of ether oxygens (including phenoxy) is 1. The van der Waals surface area contributed by atoms with Gasteiger partial charge in [0.25, 0.3) is 5.91 Å². The largest absolute Gasteiger partial charge is 0.477 e. The summed E-state index contributed by atoms with van der Waals surface area (Å²) in [5, 5.41) is 8.99. The van der Waals surface area contributed by atoms with E-state index >= 15 is 0 Å². The lowest BCUT2D eigenvalue weighted by Crippen LogP contribution is -2.45. The quantitative estimate of drug-likeness (QED) is 0.939. The molecule has 1 amide bonds. The number of rotatable bonds is 3. The third-order valence-electron chi connectivity index (χ3n) is 3.75. The van der Waals surface area contributed by atoms with Gasteiger partial charge in [-0.15, -0.1) is 11.3 Å². The molecule has 3 rings (SSSR count). The summed E-state index contributed by atoms with van der Waals surface area (Å²) >= 11 is 1.01. The Morgan fingerprint density at radius 3 is 2.48 bits per heavy atom. The molecule has 0 saturated carbocycles. The van der Waals surface area contributed by atoms with Gasteiger partial charge in [0.1, 0.15) is 11.0 Å². The maximum absolute atomic E-state index is 12.6. The number of amides is 1. The Bertz CT molecular complexity index is 712. The van der Waals surface area contributed by atoms with E-state index in [9.17, 15) is 9.59 Å². The van der Waals surface area contributed by atoms with Crippen LogP contribution < -0.4 is 0 Å². The molecular weight excluding hydrogens is 314 g/mol. The highest BCUT2D eigenvalue weighted by Crippen LogP contribution is 2.27. The van der Waals surface area contributed by atoms with Gasteiger partial charge in [-0.05, 0) is 24.6 Å². The molecule has 5 nitrogen and oxygen atoms in total. The van der Waals surface area contributed by atoms with E-state index in [1.807, 2.05) is 37.3 Å². The second kappa shape index (κ2) is 6.52. The maximum atomic E-state index is 12.6. The molecule has 1 N–H and O–H groups in total. The molecule has 1 aliphatic heterocycles. The molecule has 0 spiro atoms. The molecule has 1 aromatic carbocycles. The van der Waals surface area contributed by atoms with Crippen LogP contribution in [0, 0.1) is 0 Å². The first-order valence-corrected chi connectivity index (χ1v) is 8.19. The molecule has 2 atom stereocenters. The molecule has 0 unspecified atom stereocenters. The van der Waals surface area contributed by atoms with Gasteiger partial charge >= 0.3 is 5.97 Å². The van der Waals surface area contributed by atoms with E-state index in [1.54, 1.807) is 11.0 Å². The molecular formula is C17H17NO4S. The molecule has 1 aliphatic rings. The van der Waals surface area contributed by atoms with Crippen LogP contribution in [0.3, 0.4) is 0 Å². The highest BCUT2D eigenvalue weighted by Gasteiger charge is 2.30. The Balaban J connectivity index is 1.78. The van der Waals surface area contributed by atoms with Crippen molar-refractivity contribution in [1.82, 2.24) is 4.90 Å². The van der Waals surface area contributed by atoms with Crippen molar-refractivity contribution < 1.29 is 19.4 Å². The molecule has 23 heavy (non-hydrogen) atoms. The molecule has 0 bridgehead atoms. The molecule has 0 radical (unpaired) electrons. The van der Waals surface area contributed by atoms with Crippen LogP contribution in [-0.2, 0) is 4.74 Å². The van der Waals surface area contributed by atoms with Crippen LogP contribution in [0.5, 0.6) is 0 Å². The third-order valence-corrected chi connectivity index (χ3v) is 4.81. The summed E-state index contributed by atoms with van der Waals surface area (Å²) in [6, 6.07) is 12.9. The molecule has 0 aliphatic carbocycles. The van der Waals surface area contributed by atoms with Crippen molar-refractivity contribution in [3.63, 3.8) is 0 Å². The minimum absolute atomic E-state index is 0.0724. The minimum Gasteiger partial charge on any atom is -0.477 e. The Morgan fingerprint density at radius 2 is 1.83 bits per heavy atom. The molecule has 1 aromatic heterocycles. The number of hydrogen-bond donors (Lipinski definition) is 1. The van der Waals surface area contributed by atoms with E-state index in [4.69, 9.17) is 9.84 Å². The number of morpholine rings is 1. The summed E-state index contributed by atoms with van der Waals surface area (Å²) in [7, 11) is 0. The number of benzene rings is 1. The van der Waals surface area contributed by atoms with Crippen LogP contribution in [0.1, 0.15) is 37.9 Å². The van der Waals surface area contributed by atoms with Crippen LogP contribution in [0.2, 0.25) is 0 Å². The summed E-state index contributed by atoms with van der Waals surface area (Å²) < 4.78 is 5.95.